The smallest absolute Gasteiger partial charge is 0.178 e. The molecule has 0 saturated carbocycles. The predicted molar refractivity (Wildman–Crippen MR) is 41.1 cm³/mol. The molecule has 1 saturated heterocycles. The van der Waals surface area contributed by atoms with Gasteiger partial charge in [-0.15, -0.1) is 0 Å². The quantitative estimate of drug-likeness (QED) is 0.488. The van der Waals surface area contributed by atoms with Gasteiger partial charge in [0.2, 0.25) is 0 Å². The zero-order chi connectivity index (χ0) is 5.11. The van der Waals surface area contributed by atoms with Crippen LogP contribution in [0.15, 0.2) is 0 Å². The minimum Gasteiger partial charge on any atom is -0.178 e. The summed E-state index contributed by atoms with van der Waals surface area (Å²) in [7, 11) is 0. The molecule has 1 fully saturated rings. The van der Waals surface area contributed by atoms with Crippen LogP contribution in [0.1, 0.15) is 6.42 Å². The highest BCUT2D eigenvalue weighted by Gasteiger charge is 2.14. The maximum Gasteiger partial charge on any atom is 0.378 e. The zero-order valence-electron chi connectivity index (χ0n) is 3.89. The minimum atomic E-state index is 0.341. The highest BCUT2D eigenvalue weighted by Crippen LogP contribution is 2.28. The SMILES string of the molecule is ClB1SCCCS1. The van der Waals surface area contributed by atoms with E-state index in [1.165, 1.54) is 17.9 Å². The Labute approximate surface area is 57.5 Å². The largest absolute Gasteiger partial charge is 0.378 e. The summed E-state index contributed by atoms with van der Waals surface area (Å²) >= 11 is 9.44. The molecule has 7 heavy (non-hydrogen) atoms. The third-order valence-electron chi connectivity index (χ3n) is 0.786. The number of halogens is 1. The standard InChI is InChI=1S/C3H6BClS2/c5-4-6-2-1-3-7-4/h1-3H2. The van der Waals surface area contributed by atoms with E-state index in [4.69, 9.17) is 11.5 Å². The van der Waals surface area contributed by atoms with E-state index >= 15 is 0 Å². The molecule has 0 spiro atoms. The zero-order valence-corrected chi connectivity index (χ0v) is 6.28. The van der Waals surface area contributed by atoms with Crippen LogP contribution in [0.5, 0.6) is 0 Å². The van der Waals surface area contributed by atoms with Crippen LogP contribution < -0.4 is 0 Å². The summed E-state index contributed by atoms with van der Waals surface area (Å²) in [6.07, 6.45) is 1.33. The molecule has 1 heterocycles. The average molecular weight is 152 g/mol. The number of rotatable bonds is 0. The first-order chi connectivity index (χ1) is 3.39. The molecule has 0 unspecified atom stereocenters. The fourth-order valence-electron chi connectivity index (χ4n) is 0.459. The third kappa shape index (κ3) is 2.20. The van der Waals surface area contributed by atoms with Crippen LogP contribution in [0.2, 0.25) is 0 Å². The summed E-state index contributed by atoms with van der Waals surface area (Å²) in [5.41, 5.74) is 0. The molecule has 0 amide bonds. The first kappa shape index (κ1) is 6.18. The van der Waals surface area contributed by atoms with Crippen LogP contribution in [0.25, 0.3) is 0 Å². The lowest BCUT2D eigenvalue weighted by atomic mass is 10.6. The summed E-state index contributed by atoms with van der Waals surface area (Å²) in [5, 5.41) is 0. The lowest BCUT2D eigenvalue weighted by molar-refractivity contribution is 1.13. The van der Waals surface area contributed by atoms with E-state index in [2.05, 4.69) is 0 Å². The number of hydrogen-bond donors (Lipinski definition) is 0. The van der Waals surface area contributed by atoms with Crippen molar-refractivity contribution in [3.05, 3.63) is 0 Å². The summed E-state index contributed by atoms with van der Waals surface area (Å²) in [5.74, 6) is 2.50. The van der Waals surface area contributed by atoms with Gasteiger partial charge in [-0.3, -0.25) is 0 Å². The molecule has 1 rings (SSSR count). The van der Waals surface area contributed by atoms with Crippen molar-refractivity contribution in [2.45, 2.75) is 6.42 Å². The Hall–Kier alpha value is 1.05. The molecule has 0 atom stereocenters. The minimum absolute atomic E-state index is 0.341. The van der Waals surface area contributed by atoms with E-state index in [1.54, 1.807) is 0 Å². The second-order valence-electron chi connectivity index (χ2n) is 1.37. The molecule has 0 aromatic rings. The van der Waals surface area contributed by atoms with Crippen LogP contribution in [-0.4, -0.2) is 16.2 Å². The van der Waals surface area contributed by atoms with Crippen LogP contribution in [0.3, 0.4) is 0 Å². The van der Waals surface area contributed by atoms with Crippen LogP contribution in [0, 0.1) is 0 Å². The normalized spacial score (nSPS) is 22.7. The first-order valence-corrected chi connectivity index (χ1v) is 4.80. The molecule has 1 aliphatic heterocycles. The van der Waals surface area contributed by atoms with Gasteiger partial charge < -0.3 is 0 Å². The van der Waals surface area contributed by atoms with Crippen molar-refractivity contribution in [3.63, 3.8) is 0 Å². The molecule has 0 aliphatic carbocycles. The Bertz CT molecular complexity index is 54.9. The van der Waals surface area contributed by atoms with E-state index in [-0.39, 0.29) is 0 Å². The molecule has 0 aromatic heterocycles. The molecule has 0 aromatic carbocycles. The van der Waals surface area contributed by atoms with Crippen molar-refractivity contribution in [3.8, 4) is 0 Å². The van der Waals surface area contributed by atoms with Crippen molar-refractivity contribution in [1.82, 2.24) is 0 Å². The second-order valence-corrected chi connectivity index (χ2v) is 5.05. The van der Waals surface area contributed by atoms with Crippen LogP contribution in [0.4, 0.5) is 0 Å². The highest BCUT2D eigenvalue weighted by atomic mass is 35.5. The monoisotopic (exact) mass is 152 g/mol. The summed E-state index contributed by atoms with van der Waals surface area (Å²) in [6, 6.07) is 0. The molecule has 1 aliphatic rings. The van der Waals surface area contributed by atoms with Gasteiger partial charge >= 0.3 is 4.69 Å². The van der Waals surface area contributed by atoms with E-state index in [0.717, 1.165) is 0 Å². The van der Waals surface area contributed by atoms with E-state index < -0.39 is 0 Å². The Morgan fingerprint density at radius 3 is 2.14 bits per heavy atom. The van der Waals surface area contributed by atoms with E-state index in [9.17, 15) is 0 Å². The molecular formula is C3H6BClS2. The van der Waals surface area contributed by atoms with Gasteiger partial charge in [-0.1, -0.05) is 0 Å². The number of hydrogen-bond acceptors (Lipinski definition) is 2. The van der Waals surface area contributed by atoms with Gasteiger partial charge in [0, 0.05) is 0 Å². The molecule has 0 bridgehead atoms. The lowest BCUT2D eigenvalue weighted by Crippen LogP contribution is -2.03. The van der Waals surface area contributed by atoms with Gasteiger partial charge in [-0.25, -0.2) is 0 Å². The molecule has 0 N–H and O–H groups in total. The first-order valence-electron chi connectivity index (χ1n) is 2.27. The van der Waals surface area contributed by atoms with Gasteiger partial charge in [-0.2, -0.15) is 34.7 Å². The Morgan fingerprint density at radius 2 is 1.86 bits per heavy atom. The van der Waals surface area contributed by atoms with Crippen LogP contribution >= 0.6 is 34.7 Å². The molecular weight excluding hydrogens is 146 g/mol. The second kappa shape index (κ2) is 3.15. The van der Waals surface area contributed by atoms with Crippen LogP contribution in [-0.2, 0) is 0 Å². The van der Waals surface area contributed by atoms with E-state index in [0.29, 0.717) is 4.69 Å². The summed E-state index contributed by atoms with van der Waals surface area (Å²) < 4.78 is 0.341. The van der Waals surface area contributed by atoms with Crippen molar-refractivity contribution in [2.75, 3.05) is 11.5 Å². The van der Waals surface area contributed by atoms with Crippen molar-refractivity contribution < 1.29 is 0 Å². The average Bonchev–Trinajstić information content (AvgIpc) is 1.69. The van der Waals surface area contributed by atoms with Crippen molar-refractivity contribution in [2.24, 2.45) is 0 Å². The van der Waals surface area contributed by atoms with E-state index in [1.807, 2.05) is 23.2 Å². The highest BCUT2D eigenvalue weighted by molar-refractivity contribution is 8.59. The maximum atomic E-state index is 5.74. The van der Waals surface area contributed by atoms with Gasteiger partial charge in [0.05, 0.1) is 0 Å². The van der Waals surface area contributed by atoms with Gasteiger partial charge in [0.25, 0.3) is 0 Å². The Balaban J connectivity index is 2.12. The third-order valence-corrected chi connectivity index (χ3v) is 3.93. The molecule has 0 nitrogen and oxygen atoms in total. The topological polar surface area (TPSA) is 0 Å². The Morgan fingerprint density at radius 1 is 1.29 bits per heavy atom. The van der Waals surface area contributed by atoms with Gasteiger partial charge in [0.1, 0.15) is 0 Å². The molecule has 0 radical (unpaired) electrons. The fourth-order valence-corrected chi connectivity index (χ4v) is 3.13. The summed E-state index contributed by atoms with van der Waals surface area (Å²) in [6.45, 7) is 0. The molecule has 40 valence electrons. The lowest BCUT2D eigenvalue weighted by Gasteiger charge is -2.10. The Kier molecular flexibility index (Phi) is 2.78. The van der Waals surface area contributed by atoms with Crippen molar-refractivity contribution in [1.29, 1.82) is 0 Å². The molecule has 4 heteroatoms. The fraction of sp³-hybridized carbons (Fsp3) is 1.00. The summed E-state index contributed by atoms with van der Waals surface area (Å²) in [4.78, 5) is 0. The van der Waals surface area contributed by atoms with Gasteiger partial charge in [0.15, 0.2) is 0 Å². The predicted octanol–water partition coefficient (Wildman–Crippen LogP) is 2.08. The maximum absolute atomic E-state index is 5.74. The van der Waals surface area contributed by atoms with Crippen molar-refractivity contribution >= 4 is 39.4 Å². The van der Waals surface area contributed by atoms with Gasteiger partial charge in [-0.05, 0) is 17.9 Å².